The number of benzene rings is 1. The largest absolute Gasteiger partial charge is 0.353 e. The van der Waals surface area contributed by atoms with E-state index >= 15 is 0 Å². The van der Waals surface area contributed by atoms with Crippen molar-refractivity contribution < 1.29 is 22.0 Å². The Balaban J connectivity index is 1.43. The van der Waals surface area contributed by atoms with Gasteiger partial charge in [0.05, 0.1) is 0 Å². The van der Waals surface area contributed by atoms with Crippen molar-refractivity contribution in [1.82, 2.24) is 24.7 Å². The zero-order chi connectivity index (χ0) is 20.5. The molecule has 1 fully saturated rings. The molecule has 0 aliphatic carbocycles. The molecule has 2 aromatic heterocycles. The van der Waals surface area contributed by atoms with Crippen molar-refractivity contribution in [2.75, 3.05) is 31.1 Å². The number of alkyl halides is 4. The molecule has 0 atom stereocenters. The maximum absolute atomic E-state index is 13.6. The first-order chi connectivity index (χ1) is 13.9. The summed E-state index contributed by atoms with van der Waals surface area (Å²) < 4.78 is 66.4. The van der Waals surface area contributed by atoms with Gasteiger partial charge < -0.3 is 4.90 Å². The van der Waals surface area contributed by atoms with Crippen LogP contribution in [0.5, 0.6) is 0 Å². The van der Waals surface area contributed by atoms with E-state index in [4.69, 9.17) is 0 Å². The Morgan fingerprint density at radius 1 is 0.897 bits per heavy atom. The minimum absolute atomic E-state index is 0.239. The normalized spacial score (nSPS) is 15.8. The van der Waals surface area contributed by atoms with Gasteiger partial charge in [0.25, 0.3) is 12.9 Å². The molecule has 0 amide bonds. The van der Waals surface area contributed by atoms with Gasteiger partial charge in [-0.1, -0.05) is 0 Å². The van der Waals surface area contributed by atoms with E-state index in [0.717, 1.165) is 10.6 Å². The Bertz CT molecular complexity index is 1000. The number of rotatable bonds is 5. The smallest absolute Gasteiger partial charge is 0.299 e. The number of nitrogens with zero attached hydrogens (tertiary/aromatic N) is 6. The minimum atomic E-state index is -2.78. The standard InChI is InChI=1S/C18H17F5N6/c19-13-8-11(7-12(9-13)16(20)21)10-27-3-5-28(6-4-27)15-2-1-14-24-25-18(17(22)23)29(14)26-15/h1-2,7-9,16-17H,3-6,10H2. The van der Waals surface area contributed by atoms with Crippen LogP contribution < -0.4 is 4.90 Å². The molecule has 1 aliphatic heterocycles. The lowest BCUT2D eigenvalue weighted by atomic mass is 10.1. The third-order valence-electron chi connectivity index (χ3n) is 4.80. The van der Waals surface area contributed by atoms with Gasteiger partial charge in [0.15, 0.2) is 5.65 Å². The van der Waals surface area contributed by atoms with Gasteiger partial charge in [-0.15, -0.1) is 15.3 Å². The molecule has 3 heterocycles. The summed E-state index contributed by atoms with van der Waals surface area (Å²) in [6, 6.07) is 6.67. The van der Waals surface area contributed by atoms with Crippen molar-refractivity contribution in [3.63, 3.8) is 0 Å². The first kappa shape index (κ1) is 19.5. The summed E-state index contributed by atoms with van der Waals surface area (Å²) in [7, 11) is 0. The number of hydrogen-bond acceptors (Lipinski definition) is 5. The highest BCUT2D eigenvalue weighted by molar-refractivity contribution is 5.46. The first-order valence-electron chi connectivity index (χ1n) is 8.96. The summed E-state index contributed by atoms with van der Waals surface area (Å²) in [4.78, 5) is 3.95. The van der Waals surface area contributed by atoms with Crippen LogP contribution in [0.25, 0.3) is 5.65 Å². The summed E-state index contributed by atoms with van der Waals surface area (Å²) in [5.74, 6) is -0.677. The van der Waals surface area contributed by atoms with E-state index in [2.05, 4.69) is 15.3 Å². The lowest BCUT2D eigenvalue weighted by molar-refractivity contribution is 0.137. The van der Waals surface area contributed by atoms with Gasteiger partial charge in [0.2, 0.25) is 5.82 Å². The second kappa shape index (κ2) is 7.90. The van der Waals surface area contributed by atoms with Gasteiger partial charge in [-0.2, -0.15) is 4.52 Å². The molecule has 1 aromatic carbocycles. The maximum atomic E-state index is 13.6. The summed E-state index contributed by atoms with van der Waals surface area (Å²) in [5, 5.41) is 11.3. The molecule has 6 nitrogen and oxygen atoms in total. The van der Waals surface area contributed by atoms with Crippen molar-refractivity contribution >= 4 is 11.5 Å². The molecule has 1 aliphatic rings. The molecular weight excluding hydrogens is 395 g/mol. The van der Waals surface area contributed by atoms with Crippen LogP contribution in [0.15, 0.2) is 30.3 Å². The van der Waals surface area contributed by atoms with Crippen LogP contribution in [-0.4, -0.2) is 50.9 Å². The number of anilines is 1. The van der Waals surface area contributed by atoms with Crippen molar-refractivity contribution in [2.24, 2.45) is 0 Å². The van der Waals surface area contributed by atoms with Gasteiger partial charge in [-0.25, -0.2) is 22.0 Å². The van der Waals surface area contributed by atoms with E-state index in [0.29, 0.717) is 44.1 Å². The maximum Gasteiger partial charge on any atom is 0.299 e. The van der Waals surface area contributed by atoms with E-state index in [1.54, 1.807) is 12.1 Å². The highest BCUT2D eigenvalue weighted by atomic mass is 19.3. The fraction of sp³-hybridized carbons (Fsp3) is 0.389. The van der Waals surface area contributed by atoms with Crippen LogP contribution >= 0.6 is 0 Å². The average molecular weight is 412 g/mol. The fourth-order valence-electron chi connectivity index (χ4n) is 3.39. The summed E-state index contributed by atoms with van der Waals surface area (Å²) in [5.41, 5.74) is 0.392. The zero-order valence-corrected chi connectivity index (χ0v) is 15.2. The lowest BCUT2D eigenvalue weighted by Crippen LogP contribution is -2.46. The number of aromatic nitrogens is 4. The van der Waals surface area contributed by atoms with E-state index in [1.165, 1.54) is 12.1 Å². The number of fused-ring (bicyclic) bond motifs is 1. The molecule has 0 saturated carbocycles. The van der Waals surface area contributed by atoms with Crippen LogP contribution in [-0.2, 0) is 6.54 Å². The van der Waals surface area contributed by atoms with Crippen LogP contribution in [0, 0.1) is 5.82 Å². The van der Waals surface area contributed by atoms with Crippen molar-refractivity contribution in [1.29, 1.82) is 0 Å². The van der Waals surface area contributed by atoms with Crippen molar-refractivity contribution in [3.05, 3.63) is 53.1 Å². The van der Waals surface area contributed by atoms with Crippen molar-refractivity contribution in [2.45, 2.75) is 19.4 Å². The molecule has 0 radical (unpaired) electrons. The molecule has 0 unspecified atom stereocenters. The Morgan fingerprint density at radius 2 is 1.66 bits per heavy atom. The predicted molar refractivity (Wildman–Crippen MR) is 94.6 cm³/mol. The minimum Gasteiger partial charge on any atom is -0.353 e. The molecule has 4 rings (SSSR count). The molecular formula is C18H17F5N6. The van der Waals surface area contributed by atoms with E-state index in [9.17, 15) is 22.0 Å². The van der Waals surface area contributed by atoms with Crippen LogP contribution in [0.4, 0.5) is 27.8 Å². The van der Waals surface area contributed by atoms with Gasteiger partial charge in [0, 0.05) is 38.3 Å². The van der Waals surface area contributed by atoms with Gasteiger partial charge in [-0.3, -0.25) is 4.90 Å². The molecule has 1 saturated heterocycles. The van der Waals surface area contributed by atoms with Crippen LogP contribution in [0.3, 0.4) is 0 Å². The second-order valence-corrected chi connectivity index (χ2v) is 6.78. The average Bonchev–Trinajstić information content (AvgIpc) is 3.11. The third-order valence-corrected chi connectivity index (χ3v) is 4.80. The molecule has 11 heteroatoms. The zero-order valence-electron chi connectivity index (χ0n) is 15.2. The molecule has 154 valence electrons. The second-order valence-electron chi connectivity index (χ2n) is 6.78. The van der Waals surface area contributed by atoms with Gasteiger partial charge >= 0.3 is 0 Å². The molecule has 0 N–H and O–H groups in total. The topological polar surface area (TPSA) is 49.6 Å². The molecule has 0 bridgehead atoms. The van der Waals surface area contributed by atoms with Crippen LogP contribution in [0.1, 0.15) is 29.8 Å². The van der Waals surface area contributed by atoms with E-state index in [1.807, 2.05) is 9.80 Å². The van der Waals surface area contributed by atoms with Crippen LogP contribution in [0.2, 0.25) is 0 Å². The monoisotopic (exact) mass is 412 g/mol. The Kier molecular flexibility index (Phi) is 5.31. The van der Waals surface area contributed by atoms with E-state index < -0.39 is 24.5 Å². The first-order valence-corrected chi connectivity index (χ1v) is 8.96. The predicted octanol–water partition coefficient (Wildman–Crippen LogP) is 3.46. The molecule has 3 aromatic rings. The van der Waals surface area contributed by atoms with E-state index in [-0.39, 0.29) is 11.2 Å². The van der Waals surface area contributed by atoms with Gasteiger partial charge in [0.1, 0.15) is 11.6 Å². The summed E-state index contributed by atoms with van der Waals surface area (Å²) in [6.45, 7) is 2.64. The highest BCUT2D eigenvalue weighted by Crippen LogP contribution is 2.23. The highest BCUT2D eigenvalue weighted by Gasteiger charge is 2.22. The number of halogens is 5. The SMILES string of the molecule is Fc1cc(CN2CCN(c3ccc4nnc(C(F)F)n4n3)CC2)cc(C(F)F)c1. The van der Waals surface area contributed by atoms with Crippen molar-refractivity contribution in [3.8, 4) is 0 Å². The summed E-state index contributed by atoms with van der Waals surface area (Å²) in [6.07, 6.45) is -5.51. The Morgan fingerprint density at radius 3 is 2.34 bits per heavy atom. The number of hydrogen-bond donors (Lipinski definition) is 0. The Labute approximate surface area is 162 Å². The number of piperazine rings is 1. The quantitative estimate of drug-likeness (QED) is 0.601. The lowest BCUT2D eigenvalue weighted by Gasteiger charge is -2.35. The Hall–Kier alpha value is -2.82. The summed E-state index contributed by atoms with van der Waals surface area (Å²) >= 11 is 0. The van der Waals surface area contributed by atoms with Gasteiger partial charge in [-0.05, 0) is 35.9 Å². The molecule has 0 spiro atoms. The molecule has 29 heavy (non-hydrogen) atoms. The third kappa shape index (κ3) is 4.14. The fourth-order valence-corrected chi connectivity index (χ4v) is 3.39.